The summed E-state index contributed by atoms with van der Waals surface area (Å²) >= 11 is 0. The third-order valence-corrected chi connectivity index (χ3v) is 4.86. The van der Waals surface area contributed by atoms with E-state index in [0.29, 0.717) is 5.41 Å². The van der Waals surface area contributed by atoms with Gasteiger partial charge in [-0.25, -0.2) is 0 Å². The second-order valence-corrected chi connectivity index (χ2v) is 8.48. The van der Waals surface area contributed by atoms with Crippen molar-refractivity contribution in [3.05, 3.63) is 85.1 Å². The van der Waals surface area contributed by atoms with Crippen LogP contribution in [-0.4, -0.2) is 17.1 Å². The third kappa shape index (κ3) is 5.77. The van der Waals surface area contributed by atoms with E-state index in [1.54, 1.807) is 6.20 Å². The monoisotopic (exact) mass is 549 g/mol. The Morgan fingerprint density at radius 1 is 0.857 bits per heavy atom. The van der Waals surface area contributed by atoms with Crippen LogP contribution in [-0.2, 0) is 20.1 Å². The van der Waals surface area contributed by atoms with Gasteiger partial charge in [-0.15, -0.1) is 42.0 Å². The second kappa shape index (κ2) is 9.49. The van der Waals surface area contributed by atoms with E-state index in [9.17, 15) is 0 Å². The normalized spacial score (nSPS) is 16.5. The van der Waals surface area contributed by atoms with Gasteiger partial charge in [-0.05, 0) is 37.4 Å². The molecule has 1 radical (unpaired) electrons. The molecule has 0 amide bonds. The van der Waals surface area contributed by atoms with Crippen LogP contribution in [0, 0.1) is 17.5 Å². The number of hydrogen-bond donors (Lipinski definition) is 0. The molecule has 1 aliphatic rings. The molecular formula is C25H28IrN2-2. The van der Waals surface area contributed by atoms with Crippen LogP contribution >= 0.6 is 0 Å². The van der Waals surface area contributed by atoms with E-state index in [1.165, 1.54) is 12.1 Å². The molecule has 1 aliphatic heterocycles. The number of rotatable bonds is 2. The molecule has 1 aromatic heterocycles. The fourth-order valence-corrected chi connectivity index (χ4v) is 4.00. The fraction of sp³-hybridized carbons (Fsp3) is 0.320. The van der Waals surface area contributed by atoms with Gasteiger partial charge >= 0.3 is 0 Å². The molecule has 2 nitrogen and oxygen atoms in total. The van der Waals surface area contributed by atoms with Crippen molar-refractivity contribution in [1.29, 1.82) is 0 Å². The molecule has 0 atom stereocenters. The topological polar surface area (TPSA) is 16.1 Å². The molecule has 0 saturated carbocycles. The van der Waals surface area contributed by atoms with Crippen LogP contribution in [0.1, 0.15) is 34.1 Å². The molecule has 28 heavy (non-hydrogen) atoms. The molecule has 3 heteroatoms. The van der Waals surface area contributed by atoms with Gasteiger partial charge in [-0.3, -0.25) is 0 Å². The molecule has 1 fully saturated rings. The van der Waals surface area contributed by atoms with E-state index in [2.05, 4.69) is 61.8 Å². The Balaban J connectivity index is 0.000000198. The van der Waals surface area contributed by atoms with Gasteiger partial charge in [0.1, 0.15) is 0 Å². The number of pyridine rings is 1. The Morgan fingerprint density at radius 3 is 2.04 bits per heavy atom. The minimum Gasteiger partial charge on any atom is -0.388 e. The van der Waals surface area contributed by atoms with Gasteiger partial charge in [-0.1, -0.05) is 31.7 Å². The van der Waals surface area contributed by atoms with Gasteiger partial charge in [-0.2, -0.15) is 24.3 Å². The Labute approximate surface area is 183 Å². The van der Waals surface area contributed by atoms with Crippen LogP contribution in [0.25, 0.3) is 11.3 Å². The van der Waals surface area contributed by atoms with Crippen LogP contribution in [0.3, 0.4) is 0 Å². The first kappa shape index (κ1) is 22.3. The van der Waals surface area contributed by atoms with Crippen molar-refractivity contribution >= 4 is 5.69 Å². The zero-order chi connectivity index (χ0) is 19.3. The average Bonchev–Trinajstić information content (AvgIpc) is 2.91. The van der Waals surface area contributed by atoms with Crippen molar-refractivity contribution < 1.29 is 20.1 Å². The van der Waals surface area contributed by atoms with Crippen LogP contribution in [0.2, 0.25) is 0 Å². The zero-order valence-electron chi connectivity index (χ0n) is 17.1. The van der Waals surface area contributed by atoms with E-state index in [-0.39, 0.29) is 25.6 Å². The molecule has 0 bridgehead atoms. The van der Waals surface area contributed by atoms with E-state index in [0.717, 1.165) is 17.8 Å². The number of anilines is 1. The predicted octanol–water partition coefficient (Wildman–Crippen LogP) is 6.05. The third-order valence-electron chi connectivity index (χ3n) is 4.86. The SMILES string of the molecule is CC1(C)CN(c2[c-]cccc2)C(C)(C)C1.[Ir].[c-]1ccccc1-c1ccccn1. The fourth-order valence-electron chi connectivity index (χ4n) is 4.00. The molecule has 0 aliphatic carbocycles. The minimum atomic E-state index is 0. The number of aromatic nitrogens is 1. The van der Waals surface area contributed by atoms with E-state index >= 15 is 0 Å². The Morgan fingerprint density at radius 2 is 1.54 bits per heavy atom. The van der Waals surface area contributed by atoms with E-state index in [1.807, 2.05) is 54.6 Å². The zero-order valence-corrected chi connectivity index (χ0v) is 19.5. The molecular weight excluding hydrogens is 521 g/mol. The molecule has 3 aromatic rings. The smallest absolute Gasteiger partial charge is 0.0330 e. The van der Waals surface area contributed by atoms with Gasteiger partial charge in [0.2, 0.25) is 0 Å². The van der Waals surface area contributed by atoms with Gasteiger partial charge < -0.3 is 9.88 Å². The van der Waals surface area contributed by atoms with Gasteiger partial charge in [0.05, 0.1) is 0 Å². The summed E-state index contributed by atoms with van der Waals surface area (Å²) in [5.41, 5.74) is 3.90. The van der Waals surface area contributed by atoms with Crippen molar-refractivity contribution in [3.8, 4) is 11.3 Å². The number of para-hydroxylation sites is 1. The quantitative estimate of drug-likeness (QED) is 0.363. The maximum Gasteiger partial charge on any atom is 0.0330 e. The summed E-state index contributed by atoms with van der Waals surface area (Å²) in [5, 5.41) is 0. The van der Waals surface area contributed by atoms with Crippen LogP contribution in [0.4, 0.5) is 5.69 Å². The van der Waals surface area contributed by atoms with Crippen LogP contribution in [0.15, 0.2) is 72.9 Å². The van der Waals surface area contributed by atoms with Crippen LogP contribution < -0.4 is 4.90 Å². The van der Waals surface area contributed by atoms with Crippen molar-refractivity contribution in [1.82, 2.24) is 4.98 Å². The van der Waals surface area contributed by atoms with Gasteiger partial charge in [0, 0.05) is 38.4 Å². The number of benzene rings is 2. The standard InChI is InChI=1S/C14H20N.C11H8N.Ir/c1-13(2)10-14(3,4)15(11-13)12-8-6-5-7-9-12;1-2-6-10(7-3-1)11-8-4-5-9-12-11;/h5-8H,10-11H2,1-4H3;1-6,8-9H;/q2*-1;. The molecule has 1 saturated heterocycles. The van der Waals surface area contributed by atoms with Crippen molar-refractivity contribution in [2.24, 2.45) is 5.41 Å². The maximum atomic E-state index is 4.22. The molecule has 2 heterocycles. The summed E-state index contributed by atoms with van der Waals surface area (Å²) in [7, 11) is 0. The molecule has 0 unspecified atom stereocenters. The average molecular weight is 549 g/mol. The second-order valence-electron chi connectivity index (χ2n) is 8.48. The van der Waals surface area contributed by atoms with E-state index < -0.39 is 0 Å². The van der Waals surface area contributed by atoms with Crippen LogP contribution in [0.5, 0.6) is 0 Å². The summed E-state index contributed by atoms with van der Waals surface area (Å²) in [6, 6.07) is 28.4. The predicted molar refractivity (Wildman–Crippen MR) is 114 cm³/mol. The van der Waals surface area contributed by atoms with Gasteiger partial charge in [0.25, 0.3) is 0 Å². The Hall–Kier alpha value is -1.96. The molecule has 0 N–H and O–H groups in total. The first-order valence-corrected chi connectivity index (χ1v) is 9.50. The first-order valence-electron chi connectivity index (χ1n) is 9.50. The minimum absolute atomic E-state index is 0. The number of nitrogens with zero attached hydrogens (tertiary/aromatic N) is 2. The summed E-state index contributed by atoms with van der Waals surface area (Å²) < 4.78 is 0. The van der Waals surface area contributed by atoms with E-state index in [4.69, 9.17) is 0 Å². The maximum absolute atomic E-state index is 4.22. The summed E-state index contributed by atoms with van der Waals surface area (Å²) in [5.74, 6) is 0. The number of hydrogen-bond acceptors (Lipinski definition) is 2. The van der Waals surface area contributed by atoms with Crippen molar-refractivity contribution in [2.45, 2.75) is 39.7 Å². The van der Waals surface area contributed by atoms with Gasteiger partial charge in [0.15, 0.2) is 0 Å². The molecule has 0 spiro atoms. The molecule has 2 aromatic carbocycles. The summed E-state index contributed by atoms with van der Waals surface area (Å²) in [6.07, 6.45) is 3.03. The first-order chi connectivity index (χ1) is 12.9. The largest absolute Gasteiger partial charge is 0.388 e. The summed E-state index contributed by atoms with van der Waals surface area (Å²) in [6.45, 7) is 10.5. The Bertz CT molecular complexity index is 793. The Kier molecular flexibility index (Phi) is 7.57. The molecule has 149 valence electrons. The summed E-state index contributed by atoms with van der Waals surface area (Å²) in [4.78, 5) is 6.70. The van der Waals surface area contributed by atoms with Crippen molar-refractivity contribution in [2.75, 3.05) is 11.4 Å². The van der Waals surface area contributed by atoms with Crippen molar-refractivity contribution in [3.63, 3.8) is 0 Å². The molecule has 4 rings (SSSR count).